The van der Waals surface area contributed by atoms with Crippen molar-refractivity contribution in [1.29, 1.82) is 0 Å². The molecule has 1 aromatic carbocycles. The van der Waals surface area contributed by atoms with Crippen molar-refractivity contribution >= 4 is 25.2 Å². The van der Waals surface area contributed by atoms with Gasteiger partial charge in [-0.1, -0.05) is 5.02 Å². The Morgan fingerprint density at radius 1 is 1.50 bits per heavy atom. The summed E-state index contributed by atoms with van der Waals surface area (Å²) in [4.78, 5) is 0. The van der Waals surface area contributed by atoms with E-state index < -0.39 is 5.82 Å². The minimum atomic E-state index is -0.419. The number of benzene rings is 1. The predicted molar refractivity (Wildman–Crippen MR) is 39.2 cm³/mol. The average molecular weight is 275 g/mol. The van der Waals surface area contributed by atoms with Gasteiger partial charge in [0.25, 0.3) is 0 Å². The van der Waals surface area contributed by atoms with E-state index in [1.165, 1.54) is 28.5 Å². The maximum atomic E-state index is 12.0. The second kappa shape index (κ2) is 6.27. The van der Waals surface area contributed by atoms with E-state index in [0.29, 0.717) is 5.02 Å². The Balaban J connectivity index is 0.000000371. The summed E-state index contributed by atoms with van der Waals surface area (Å²) in [5.41, 5.74) is 0. The first-order valence-corrected chi connectivity index (χ1v) is 9.72. The first-order valence-electron chi connectivity index (χ1n) is 2.39. The van der Waals surface area contributed by atoms with Gasteiger partial charge in [-0.2, -0.15) is 12.1 Å². The van der Waals surface area contributed by atoms with E-state index >= 15 is 0 Å². The Morgan fingerprint density at radius 3 is 2.40 bits per heavy atom. The summed E-state index contributed by atoms with van der Waals surface area (Å²) in [6, 6.07) is 6.68. The monoisotopic (exact) mass is 272 g/mol. The van der Waals surface area contributed by atoms with Crippen molar-refractivity contribution < 1.29 is 20.7 Å². The second-order valence-electron chi connectivity index (χ2n) is 1.35. The van der Waals surface area contributed by atoms with Gasteiger partial charge in [0.2, 0.25) is 0 Å². The average Bonchev–Trinajstić information content (AvgIpc) is 1.91. The molecule has 0 N–H and O–H groups in total. The molecule has 0 aliphatic carbocycles. The second-order valence-corrected chi connectivity index (χ2v) is 1.75. The van der Waals surface area contributed by atoms with Gasteiger partial charge >= 0.3 is 30.0 Å². The van der Waals surface area contributed by atoms with E-state index in [1.54, 1.807) is 6.07 Å². The molecule has 4 heteroatoms. The van der Waals surface area contributed by atoms with Crippen LogP contribution in [-0.2, 0) is 16.3 Å². The molecule has 0 nitrogen and oxygen atoms in total. The first-order chi connectivity index (χ1) is 4.79. The van der Waals surface area contributed by atoms with Gasteiger partial charge in [0.05, 0.1) is 0 Å². The molecule has 0 saturated heterocycles. The summed E-state index contributed by atoms with van der Waals surface area (Å²) in [5.74, 6) is -0.419. The van der Waals surface area contributed by atoms with Crippen molar-refractivity contribution in [3.63, 3.8) is 0 Å². The van der Waals surface area contributed by atoms with Gasteiger partial charge in [-0.15, -0.1) is 23.7 Å². The molecule has 0 radical (unpaired) electrons. The normalized spacial score (nSPS) is 8.10. The van der Waals surface area contributed by atoms with Crippen LogP contribution in [-0.4, -0.2) is 0 Å². The molecule has 0 atom stereocenters. The number of rotatable bonds is 0. The van der Waals surface area contributed by atoms with Gasteiger partial charge in [-0.25, -0.2) is 4.39 Å². The van der Waals surface area contributed by atoms with Crippen LogP contribution >= 0.6 is 25.2 Å². The van der Waals surface area contributed by atoms with Crippen molar-refractivity contribution in [1.82, 2.24) is 0 Å². The van der Waals surface area contributed by atoms with Crippen LogP contribution in [0.25, 0.3) is 0 Å². The molecule has 0 aliphatic heterocycles. The van der Waals surface area contributed by atoms with E-state index in [0.717, 1.165) is 0 Å². The molecule has 1 aromatic rings. The van der Waals surface area contributed by atoms with Crippen LogP contribution in [0.3, 0.4) is 0 Å². The topological polar surface area (TPSA) is 0 Å². The van der Waals surface area contributed by atoms with Gasteiger partial charge in [0, 0.05) is 5.82 Å². The van der Waals surface area contributed by atoms with Crippen molar-refractivity contribution in [3.8, 4) is 0 Å². The zero-order valence-corrected chi connectivity index (χ0v) is 10.4. The fourth-order valence-corrected chi connectivity index (χ4v) is 0.577. The molecule has 1 rings (SSSR count). The minimum absolute atomic E-state index is 0.310. The van der Waals surface area contributed by atoms with Crippen LogP contribution in [0.5, 0.6) is 0 Å². The Morgan fingerprint density at radius 2 is 2.10 bits per heavy atom. The maximum absolute atomic E-state index is 12.0. The van der Waals surface area contributed by atoms with E-state index in [-0.39, 0.29) is 0 Å². The third-order valence-corrected chi connectivity index (χ3v) is 0.944. The van der Waals surface area contributed by atoms with Crippen LogP contribution in [0, 0.1) is 11.9 Å². The van der Waals surface area contributed by atoms with Gasteiger partial charge in [-0.05, 0) is 0 Å². The predicted octanol–water partition coefficient (Wildman–Crippen LogP) is 3.12. The molecule has 0 spiro atoms. The van der Waals surface area contributed by atoms with Crippen molar-refractivity contribution in [2.75, 3.05) is 0 Å². The van der Waals surface area contributed by atoms with Crippen molar-refractivity contribution in [2.45, 2.75) is 0 Å². The molecule has 0 bridgehead atoms. The third kappa shape index (κ3) is 4.37. The van der Waals surface area contributed by atoms with Crippen LogP contribution in [0.4, 0.5) is 4.39 Å². The Kier molecular flexibility index (Phi) is 6.61. The van der Waals surface area contributed by atoms with Crippen LogP contribution in [0.1, 0.15) is 0 Å². The Labute approximate surface area is 80.8 Å². The van der Waals surface area contributed by atoms with Gasteiger partial charge in [0.1, 0.15) is 0 Å². The van der Waals surface area contributed by atoms with Crippen molar-refractivity contribution in [2.24, 2.45) is 0 Å². The number of hydrogen-bond acceptors (Lipinski definition) is 0. The molecule has 50 valence electrons. The number of hydrogen-bond donors (Lipinski definition) is 0. The standard InChI is InChI=1S/C6H3ClF.BrH.Zn/c7-5-2-1-3-6(8)4-5;;/h1-3H;1H;/q-1;;+2/p-1. The summed E-state index contributed by atoms with van der Waals surface area (Å²) in [5, 5.41) is 0.310. The summed E-state index contributed by atoms with van der Waals surface area (Å²) in [6.45, 7) is 0. The summed E-state index contributed by atoms with van der Waals surface area (Å²) >= 11 is 9.60. The van der Waals surface area contributed by atoms with Gasteiger partial charge in [-0.3, -0.25) is 0 Å². The van der Waals surface area contributed by atoms with Gasteiger partial charge in [0.15, 0.2) is 0 Å². The van der Waals surface area contributed by atoms with Gasteiger partial charge < -0.3 is 0 Å². The van der Waals surface area contributed by atoms with E-state index in [2.05, 4.69) is 19.7 Å². The van der Waals surface area contributed by atoms with E-state index in [4.69, 9.17) is 11.6 Å². The SMILES string of the molecule is Fc1[c-]c(Cl)ccc1.[Zn+][Br]. The zero-order valence-electron chi connectivity index (χ0n) is 5.07. The van der Waals surface area contributed by atoms with Crippen molar-refractivity contribution in [3.05, 3.63) is 35.1 Å². The summed E-state index contributed by atoms with van der Waals surface area (Å²) in [6.07, 6.45) is 0. The fraction of sp³-hybridized carbons (Fsp3) is 0. The Bertz CT molecular complexity index is 178. The van der Waals surface area contributed by atoms with Crippen LogP contribution < -0.4 is 0 Å². The van der Waals surface area contributed by atoms with Crippen LogP contribution in [0.15, 0.2) is 18.2 Å². The molecule has 0 aromatic heterocycles. The van der Waals surface area contributed by atoms with Crippen LogP contribution in [0.2, 0.25) is 5.02 Å². The molecule has 0 saturated carbocycles. The quantitative estimate of drug-likeness (QED) is 0.504. The summed E-state index contributed by atoms with van der Waals surface area (Å²) in [7, 11) is 0. The fourth-order valence-electron chi connectivity index (χ4n) is 0.414. The first kappa shape index (κ1) is 10.5. The summed E-state index contributed by atoms with van der Waals surface area (Å²) < 4.78 is 12.0. The molecule has 10 heavy (non-hydrogen) atoms. The molecule has 0 unspecified atom stereocenters. The molecular formula is C6H3BrClFZn. The Hall–Kier alpha value is 0.543. The molecule has 0 heterocycles. The van der Waals surface area contributed by atoms with E-state index in [9.17, 15) is 4.39 Å². The molecule has 0 aliphatic rings. The molecule has 0 fully saturated rings. The van der Waals surface area contributed by atoms with E-state index in [1.807, 2.05) is 0 Å². The molecular weight excluding hydrogens is 272 g/mol. The zero-order chi connectivity index (χ0) is 7.98. The third-order valence-electron chi connectivity index (χ3n) is 0.724. The number of halogens is 3. The molecule has 0 amide bonds.